The second kappa shape index (κ2) is 12.1. The molecule has 0 aliphatic carbocycles. The van der Waals surface area contributed by atoms with Gasteiger partial charge in [0, 0.05) is 36.4 Å². The average molecular weight is 421 g/mol. The Morgan fingerprint density at radius 1 is 1.10 bits per heavy atom. The molecule has 1 aliphatic heterocycles. The average Bonchev–Trinajstić information content (AvgIpc) is 2.83. The summed E-state index contributed by atoms with van der Waals surface area (Å²) in [5.74, 6) is 7.69. The number of likely N-dealkylation sites (tertiary alicyclic amines) is 1. The van der Waals surface area contributed by atoms with Crippen LogP contribution in [-0.2, 0) is 0 Å². The number of methoxy groups -OCH3 is 1. The molecule has 3 rings (SSSR count). The van der Waals surface area contributed by atoms with Crippen molar-refractivity contribution in [1.82, 2.24) is 10.2 Å². The van der Waals surface area contributed by atoms with Crippen LogP contribution < -0.4 is 10.1 Å². The summed E-state index contributed by atoms with van der Waals surface area (Å²) in [6.07, 6.45) is 4.01. The minimum absolute atomic E-state index is 0.0969. The second-order valence-corrected chi connectivity index (χ2v) is 7.95. The molecule has 0 radical (unpaired) electrons. The highest BCUT2D eigenvalue weighted by Gasteiger charge is 2.24. The van der Waals surface area contributed by atoms with Crippen LogP contribution in [0.25, 0.3) is 0 Å². The van der Waals surface area contributed by atoms with E-state index in [9.17, 15) is 4.79 Å². The molecule has 2 aromatic rings. The van der Waals surface area contributed by atoms with Crippen LogP contribution in [0.5, 0.6) is 5.75 Å². The topological polar surface area (TPSA) is 61.8 Å². The first kappa shape index (κ1) is 22.9. The Labute approximate surface area is 185 Å². The van der Waals surface area contributed by atoms with Gasteiger partial charge in [0.1, 0.15) is 5.75 Å². The van der Waals surface area contributed by atoms with Gasteiger partial charge in [-0.3, -0.25) is 4.79 Å². The number of hydrogen-bond donors (Lipinski definition) is 2. The van der Waals surface area contributed by atoms with Gasteiger partial charge >= 0.3 is 0 Å². The Bertz CT molecular complexity index is 882. The molecule has 1 amide bonds. The lowest BCUT2D eigenvalue weighted by Crippen LogP contribution is -2.43. The molecule has 0 spiro atoms. The van der Waals surface area contributed by atoms with E-state index >= 15 is 0 Å². The Morgan fingerprint density at radius 3 is 2.42 bits per heavy atom. The molecule has 1 heterocycles. The largest absolute Gasteiger partial charge is 0.497 e. The summed E-state index contributed by atoms with van der Waals surface area (Å²) in [5, 5.41) is 12.3. The van der Waals surface area contributed by atoms with Gasteiger partial charge in [0.25, 0.3) is 5.91 Å². The Kier molecular flexibility index (Phi) is 8.96. The van der Waals surface area contributed by atoms with Crippen LogP contribution in [0.15, 0.2) is 48.5 Å². The number of ether oxygens (including phenoxy) is 1. The lowest BCUT2D eigenvalue weighted by molar-refractivity contribution is 0.0673. The first-order chi connectivity index (χ1) is 15.2. The van der Waals surface area contributed by atoms with E-state index in [0.717, 1.165) is 68.7 Å². The molecule has 2 N–H and O–H groups in total. The molecular weight excluding hydrogens is 388 g/mol. The van der Waals surface area contributed by atoms with E-state index in [0.29, 0.717) is 11.5 Å². The molecule has 1 saturated heterocycles. The summed E-state index contributed by atoms with van der Waals surface area (Å²) < 4.78 is 5.16. The molecule has 5 heteroatoms. The Balaban J connectivity index is 1.53. The van der Waals surface area contributed by atoms with E-state index in [4.69, 9.17) is 9.84 Å². The van der Waals surface area contributed by atoms with Gasteiger partial charge in [-0.2, -0.15) is 0 Å². The predicted octanol–water partition coefficient (Wildman–Crippen LogP) is 3.31. The number of benzene rings is 2. The maximum Gasteiger partial charge on any atom is 0.253 e. The van der Waals surface area contributed by atoms with E-state index in [2.05, 4.69) is 17.2 Å². The minimum Gasteiger partial charge on any atom is -0.497 e. The van der Waals surface area contributed by atoms with Crippen molar-refractivity contribution >= 4 is 5.91 Å². The van der Waals surface area contributed by atoms with Gasteiger partial charge in [-0.05, 0) is 93.2 Å². The monoisotopic (exact) mass is 420 g/mol. The van der Waals surface area contributed by atoms with Gasteiger partial charge in [0.2, 0.25) is 0 Å². The highest BCUT2D eigenvalue weighted by Crippen LogP contribution is 2.18. The molecular formula is C26H32N2O3. The third-order valence-corrected chi connectivity index (χ3v) is 5.57. The van der Waals surface area contributed by atoms with Crippen molar-refractivity contribution in [2.75, 3.05) is 39.9 Å². The predicted molar refractivity (Wildman–Crippen MR) is 123 cm³/mol. The van der Waals surface area contributed by atoms with Crippen LogP contribution in [0.1, 0.15) is 47.2 Å². The zero-order chi connectivity index (χ0) is 21.9. The third kappa shape index (κ3) is 7.13. The maximum atomic E-state index is 12.9. The molecule has 31 heavy (non-hydrogen) atoms. The van der Waals surface area contributed by atoms with Crippen LogP contribution in [0.4, 0.5) is 0 Å². The molecule has 5 nitrogen and oxygen atoms in total. The number of aliphatic hydroxyl groups excluding tert-OH is 1. The van der Waals surface area contributed by atoms with Crippen LogP contribution in [0.2, 0.25) is 0 Å². The first-order valence-electron chi connectivity index (χ1n) is 11.1. The standard InChI is InChI=1S/C26H32N2O3/c1-31-25-14-10-22(11-15-25)7-6-21-8-12-24(13-9-21)26(30)28-17-4-5-23(20-28)19-27-16-2-3-18-29/h8-15,23,27,29H,2-5,16-20H2,1H3. The quantitative estimate of drug-likeness (QED) is 0.508. The van der Waals surface area contributed by atoms with Crippen LogP contribution in [-0.4, -0.2) is 55.8 Å². The van der Waals surface area contributed by atoms with Gasteiger partial charge in [0.05, 0.1) is 7.11 Å². The van der Waals surface area contributed by atoms with Gasteiger partial charge in [-0.25, -0.2) is 0 Å². The zero-order valence-electron chi connectivity index (χ0n) is 18.3. The van der Waals surface area contributed by atoms with Crippen LogP contribution in [0, 0.1) is 17.8 Å². The lowest BCUT2D eigenvalue weighted by atomic mass is 9.97. The lowest BCUT2D eigenvalue weighted by Gasteiger charge is -2.33. The number of amides is 1. The summed E-state index contributed by atoms with van der Waals surface area (Å²) in [6.45, 7) is 3.71. The van der Waals surface area contributed by atoms with Crippen molar-refractivity contribution in [1.29, 1.82) is 0 Å². The smallest absolute Gasteiger partial charge is 0.253 e. The van der Waals surface area contributed by atoms with Crippen molar-refractivity contribution in [3.63, 3.8) is 0 Å². The third-order valence-electron chi connectivity index (χ3n) is 5.57. The SMILES string of the molecule is COc1ccc(C#Cc2ccc(C(=O)N3CCCC(CNCCCCO)C3)cc2)cc1. The van der Waals surface area contributed by atoms with Crippen molar-refractivity contribution in [3.8, 4) is 17.6 Å². The number of carbonyl (C=O) groups excluding carboxylic acids is 1. The maximum absolute atomic E-state index is 12.9. The minimum atomic E-state index is 0.0969. The fraction of sp³-hybridized carbons (Fsp3) is 0.423. The number of aliphatic hydroxyl groups is 1. The van der Waals surface area contributed by atoms with E-state index in [1.165, 1.54) is 0 Å². The highest BCUT2D eigenvalue weighted by molar-refractivity contribution is 5.94. The van der Waals surface area contributed by atoms with E-state index in [-0.39, 0.29) is 12.5 Å². The first-order valence-corrected chi connectivity index (χ1v) is 11.1. The molecule has 0 bridgehead atoms. The van der Waals surface area contributed by atoms with Crippen molar-refractivity contribution < 1.29 is 14.6 Å². The zero-order valence-corrected chi connectivity index (χ0v) is 18.3. The second-order valence-electron chi connectivity index (χ2n) is 7.95. The number of unbranched alkanes of at least 4 members (excludes halogenated alkanes) is 1. The van der Waals surface area contributed by atoms with Crippen molar-refractivity contribution in [2.45, 2.75) is 25.7 Å². The van der Waals surface area contributed by atoms with Gasteiger partial charge in [-0.1, -0.05) is 11.8 Å². The number of piperidine rings is 1. The Morgan fingerprint density at radius 2 is 1.77 bits per heavy atom. The molecule has 1 aliphatic rings. The molecule has 164 valence electrons. The summed E-state index contributed by atoms with van der Waals surface area (Å²) in [5.41, 5.74) is 2.52. The molecule has 2 aromatic carbocycles. The molecule has 1 atom stereocenters. The summed E-state index contributed by atoms with van der Waals surface area (Å²) in [6, 6.07) is 15.2. The molecule has 0 saturated carbocycles. The number of nitrogens with zero attached hydrogens (tertiary/aromatic N) is 1. The fourth-order valence-electron chi connectivity index (χ4n) is 3.78. The van der Waals surface area contributed by atoms with Crippen LogP contribution in [0.3, 0.4) is 0 Å². The number of rotatable bonds is 8. The number of hydrogen-bond acceptors (Lipinski definition) is 4. The van der Waals surface area contributed by atoms with E-state index in [1.54, 1.807) is 7.11 Å². The molecule has 1 fully saturated rings. The normalized spacial score (nSPS) is 15.8. The van der Waals surface area contributed by atoms with Gasteiger partial charge in [0.15, 0.2) is 0 Å². The Hall–Kier alpha value is -2.81. The van der Waals surface area contributed by atoms with Crippen molar-refractivity contribution in [2.24, 2.45) is 5.92 Å². The van der Waals surface area contributed by atoms with Gasteiger partial charge in [-0.15, -0.1) is 0 Å². The van der Waals surface area contributed by atoms with E-state index in [1.807, 2.05) is 53.4 Å². The molecule has 1 unspecified atom stereocenters. The van der Waals surface area contributed by atoms with Crippen molar-refractivity contribution in [3.05, 3.63) is 65.2 Å². The summed E-state index contributed by atoms with van der Waals surface area (Å²) in [7, 11) is 1.64. The number of nitrogens with one attached hydrogen (secondary N) is 1. The molecule has 0 aromatic heterocycles. The highest BCUT2D eigenvalue weighted by atomic mass is 16.5. The summed E-state index contributed by atoms with van der Waals surface area (Å²) in [4.78, 5) is 14.9. The van der Waals surface area contributed by atoms with E-state index < -0.39 is 0 Å². The summed E-state index contributed by atoms with van der Waals surface area (Å²) >= 11 is 0. The van der Waals surface area contributed by atoms with Crippen LogP contribution >= 0.6 is 0 Å². The fourth-order valence-corrected chi connectivity index (χ4v) is 3.78. The van der Waals surface area contributed by atoms with Gasteiger partial charge < -0.3 is 20.1 Å². The number of carbonyl (C=O) groups is 1.